The predicted molar refractivity (Wildman–Crippen MR) is 133 cm³/mol. The number of hydrogen-bond acceptors (Lipinski definition) is 3. The van der Waals surface area contributed by atoms with Gasteiger partial charge in [-0.3, -0.25) is 0 Å². The van der Waals surface area contributed by atoms with Gasteiger partial charge in [0.1, 0.15) is 5.75 Å². The van der Waals surface area contributed by atoms with Gasteiger partial charge in [-0.05, 0) is 75.1 Å². The van der Waals surface area contributed by atoms with Crippen LogP contribution < -0.4 is 4.74 Å². The zero-order valence-electron chi connectivity index (χ0n) is 15.6. The smallest absolute Gasteiger partial charge is 0.341 e. The fourth-order valence-corrected chi connectivity index (χ4v) is 4.73. The van der Waals surface area contributed by atoms with Gasteiger partial charge < -0.3 is 9.84 Å². The molecule has 0 aliphatic heterocycles. The summed E-state index contributed by atoms with van der Waals surface area (Å²) >= 11 is 12.2. The third kappa shape index (κ3) is 6.74. The molecule has 0 fully saturated rings. The lowest BCUT2D eigenvalue weighted by molar-refractivity contribution is -0.139. The van der Waals surface area contributed by atoms with Crippen LogP contribution in [-0.4, -0.2) is 23.4 Å². The van der Waals surface area contributed by atoms with E-state index in [0.717, 1.165) is 35.2 Å². The molecule has 3 aromatic rings. The van der Waals surface area contributed by atoms with Gasteiger partial charge in [-0.15, -0.1) is 11.8 Å². The van der Waals surface area contributed by atoms with E-state index in [1.807, 2.05) is 30.3 Å². The lowest BCUT2D eigenvalue weighted by Gasteiger charge is -2.11. The van der Waals surface area contributed by atoms with E-state index in [1.165, 1.54) is 5.57 Å². The number of carbonyl (C=O) groups is 1. The highest BCUT2D eigenvalue weighted by Gasteiger charge is 2.08. The molecule has 3 aromatic carbocycles. The Bertz CT molecular complexity index is 1000. The highest BCUT2D eigenvalue weighted by atomic mass is 79.9. The molecule has 0 unspecified atom stereocenters. The van der Waals surface area contributed by atoms with Gasteiger partial charge in [-0.1, -0.05) is 62.2 Å². The predicted octanol–water partition coefficient (Wildman–Crippen LogP) is 7.66. The third-order valence-electron chi connectivity index (χ3n) is 4.10. The minimum absolute atomic E-state index is 0.356. The Hall–Kier alpha value is -1.54. The summed E-state index contributed by atoms with van der Waals surface area (Å²) in [6, 6.07) is 22.1. The molecule has 7 heteroatoms. The first kappa shape index (κ1) is 23.1. The van der Waals surface area contributed by atoms with E-state index in [1.54, 1.807) is 23.9 Å². The summed E-state index contributed by atoms with van der Waals surface area (Å²) in [7, 11) is 0. The van der Waals surface area contributed by atoms with Gasteiger partial charge in [0, 0.05) is 24.1 Å². The number of carboxylic acid groups (broad SMARTS) is 1. The molecule has 0 aliphatic carbocycles. The number of benzene rings is 3. The Morgan fingerprint density at radius 3 is 1.97 bits per heavy atom. The van der Waals surface area contributed by atoms with E-state index in [-0.39, 0.29) is 6.61 Å². The SMILES string of the molecule is O=C(O)COc1ccc(SCC=C(c2ccc(Br)cc2)c2ccc(Br)cc2)c(Br)c1. The molecule has 0 radical (unpaired) electrons. The molecule has 0 saturated heterocycles. The molecular formula is C23H17Br3O3S. The van der Waals surface area contributed by atoms with Crippen molar-refractivity contribution in [3.63, 3.8) is 0 Å². The average molecular weight is 613 g/mol. The third-order valence-corrected chi connectivity index (χ3v) is 7.08. The Kier molecular flexibility index (Phi) is 8.62. The van der Waals surface area contributed by atoms with E-state index in [0.29, 0.717) is 5.75 Å². The van der Waals surface area contributed by atoms with Crippen molar-refractivity contribution in [2.75, 3.05) is 12.4 Å². The molecule has 0 bridgehead atoms. The molecule has 3 nitrogen and oxygen atoms in total. The normalized spacial score (nSPS) is 10.5. The molecule has 0 aliphatic rings. The fourth-order valence-electron chi connectivity index (χ4n) is 2.71. The van der Waals surface area contributed by atoms with Crippen LogP contribution in [0.5, 0.6) is 5.75 Å². The van der Waals surface area contributed by atoms with Crippen LogP contribution in [0.25, 0.3) is 5.57 Å². The van der Waals surface area contributed by atoms with Crippen LogP contribution in [0.4, 0.5) is 0 Å². The number of carboxylic acids is 1. The van der Waals surface area contributed by atoms with Crippen LogP contribution in [0, 0.1) is 0 Å². The van der Waals surface area contributed by atoms with Gasteiger partial charge in [0.05, 0.1) is 0 Å². The van der Waals surface area contributed by atoms with Crippen LogP contribution in [0.3, 0.4) is 0 Å². The molecule has 0 atom stereocenters. The first-order valence-corrected chi connectivity index (χ1v) is 12.3. The molecule has 0 saturated carbocycles. The first-order chi connectivity index (χ1) is 14.4. The summed E-state index contributed by atoms with van der Waals surface area (Å²) < 4.78 is 8.19. The lowest BCUT2D eigenvalue weighted by atomic mass is 9.98. The Morgan fingerprint density at radius 2 is 1.47 bits per heavy atom. The largest absolute Gasteiger partial charge is 0.482 e. The summed E-state index contributed by atoms with van der Waals surface area (Å²) in [4.78, 5) is 11.7. The molecule has 0 amide bonds. The van der Waals surface area contributed by atoms with Crippen LogP contribution in [-0.2, 0) is 4.79 Å². The van der Waals surface area contributed by atoms with Crippen molar-refractivity contribution < 1.29 is 14.6 Å². The van der Waals surface area contributed by atoms with Crippen LogP contribution in [0.1, 0.15) is 11.1 Å². The highest BCUT2D eigenvalue weighted by Crippen LogP contribution is 2.33. The molecule has 3 rings (SSSR count). The lowest BCUT2D eigenvalue weighted by Crippen LogP contribution is -2.09. The van der Waals surface area contributed by atoms with Crippen LogP contribution in [0.15, 0.2) is 91.1 Å². The maximum atomic E-state index is 10.6. The van der Waals surface area contributed by atoms with E-state index < -0.39 is 5.97 Å². The molecule has 0 spiro atoms. The van der Waals surface area contributed by atoms with Gasteiger partial charge in [0.15, 0.2) is 6.61 Å². The minimum atomic E-state index is -0.997. The second-order valence-electron chi connectivity index (χ2n) is 6.22. The number of aliphatic carboxylic acids is 1. The summed E-state index contributed by atoms with van der Waals surface area (Å²) in [5, 5.41) is 8.73. The second-order valence-corrected chi connectivity index (χ2v) is 9.96. The minimum Gasteiger partial charge on any atom is -0.482 e. The van der Waals surface area contributed by atoms with E-state index >= 15 is 0 Å². The monoisotopic (exact) mass is 610 g/mol. The van der Waals surface area contributed by atoms with Gasteiger partial charge in [-0.2, -0.15) is 0 Å². The molecule has 154 valence electrons. The maximum absolute atomic E-state index is 10.6. The van der Waals surface area contributed by atoms with Gasteiger partial charge in [-0.25, -0.2) is 4.79 Å². The van der Waals surface area contributed by atoms with Crippen LogP contribution >= 0.6 is 59.6 Å². The second kappa shape index (κ2) is 11.2. The van der Waals surface area contributed by atoms with Crippen molar-refractivity contribution in [3.05, 3.63) is 97.4 Å². The maximum Gasteiger partial charge on any atom is 0.341 e. The van der Waals surface area contributed by atoms with Crippen molar-refractivity contribution in [1.82, 2.24) is 0 Å². The summed E-state index contributed by atoms with van der Waals surface area (Å²) in [5.41, 5.74) is 3.47. The summed E-state index contributed by atoms with van der Waals surface area (Å²) in [6.07, 6.45) is 2.22. The van der Waals surface area contributed by atoms with Crippen molar-refractivity contribution >= 4 is 71.1 Å². The number of ether oxygens (including phenoxy) is 1. The van der Waals surface area contributed by atoms with Gasteiger partial charge >= 0.3 is 5.97 Å². The molecule has 1 N–H and O–H groups in total. The molecular weight excluding hydrogens is 596 g/mol. The topological polar surface area (TPSA) is 46.5 Å². The van der Waals surface area contributed by atoms with E-state index in [2.05, 4.69) is 78.1 Å². The zero-order valence-corrected chi connectivity index (χ0v) is 21.2. The van der Waals surface area contributed by atoms with Crippen LogP contribution in [0.2, 0.25) is 0 Å². The Morgan fingerprint density at radius 1 is 0.900 bits per heavy atom. The van der Waals surface area contributed by atoms with E-state index in [9.17, 15) is 4.79 Å². The highest BCUT2D eigenvalue weighted by molar-refractivity contribution is 9.11. The standard InChI is InChI=1S/C23H17Br3O3S/c24-17-5-1-15(2-6-17)20(16-3-7-18(25)8-4-16)11-12-30-22-10-9-19(13-21(22)26)29-14-23(27)28/h1-11,13H,12,14H2,(H,27,28). The first-order valence-electron chi connectivity index (χ1n) is 8.91. The number of thioether (sulfide) groups is 1. The quantitative estimate of drug-likeness (QED) is 0.265. The van der Waals surface area contributed by atoms with Crippen molar-refractivity contribution in [2.24, 2.45) is 0 Å². The van der Waals surface area contributed by atoms with E-state index in [4.69, 9.17) is 9.84 Å². The summed E-state index contributed by atoms with van der Waals surface area (Å²) in [6.45, 7) is -0.356. The molecule has 0 aromatic heterocycles. The van der Waals surface area contributed by atoms with Gasteiger partial charge in [0.2, 0.25) is 0 Å². The molecule has 0 heterocycles. The Labute approximate surface area is 204 Å². The fraction of sp³-hybridized carbons (Fsp3) is 0.0870. The molecule has 30 heavy (non-hydrogen) atoms. The van der Waals surface area contributed by atoms with Crippen molar-refractivity contribution in [1.29, 1.82) is 0 Å². The number of rotatable bonds is 8. The number of hydrogen-bond donors (Lipinski definition) is 1. The average Bonchev–Trinajstić information content (AvgIpc) is 2.72. The summed E-state index contributed by atoms with van der Waals surface area (Å²) in [5.74, 6) is 0.299. The van der Waals surface area contributed by atoms with Gasteiger partial charge in [0.25, 0.3) is 0 Å². The Balaban J connectivity index is 1.78. The zero-order chi connectivity index (χ0) is 21.5. The van der Waals surface area contributed by atoms with Crippen molar-refractivity contribution in [3.8, 4) is 5.75 Å². The van der Waals surface area contributed by atoms with Crippen molar-refractivity contribution in [2.45, 2.75) is 4.90 Å². The number of halogens is 3.